The van der Waals surface area contributed by atoms with E-state index < -0.39 is 6.36 Å². The lowest BCUT2D eigenvalue weighted by Crippen LogP contribution is -2.17. The monoisotopic (exact) mass is 325 g/mol. The van der Waals surface area contributed by atoms with Crippen LogP contribution in [0.4, 0.5) is 13.2 Å². The average molecular weight is 325 g/mol. The molecule has 0 spiro atoms. The van der Waals surface area contributed by atoms with Gasteiger partial charge < -0.3 is 9.47 Å². The SMILES string of the molecule is COCCCn1cc(-c2cc(OC(F)(F)F)ccc2C#N)cn1. The fourth-order valence-corrected chi connectivity index (χ4v) is 2.05. The van der Waals surface area contributed by atoms with Gasteiger partial charge in [-0.25, -0.2) is 0 Å². The van der Waals surface area contributed by atoms with E-state index in [2.05, 4.69) is 9.84 Å². The van der Waals surface area contributed by atoms with Gasteiger partial charge in [0.2, 0.25) is 0 Å². The van der Waals surface area contributed by atoms with Gasteiger partial charge in [-0.2, -0.15) is 10.4 Å². The zero-order valence-electron chi connectivity index (χ0n) is 12.3. The first-order valence-electron chi connectivity index (χ1n) is 6.74. The molecule has 1 aromatic carbocycles. The molecule has 0 saturated heterocycles. The third-order valence-electron chi connectivity index (χ3n) is 3.02. The van der Waals surface area contributed by atoms with Crippen molar-refractivity contribution in [2.24, 2.45) is 0 Å². The van der Waals surface area contributed by atoms with Gasteiger partial charge in [-0.1, -0.05) is 0 Å². The van der Waals surface area contributed by atoms with E-state index in [1.807, 2.05) is 6.07 Å². The van der Waals surface area contributed by atoms with Gasteiger partial charge in [0.25, 0.3) is 0 Å². The average Bonchev–Trinajstić information content (AvgIpc) is 2.94. The number of halogens is 3. The number of rotatable bonds is 6. The Bertz CT molecular complexity index is 705. The Morgan fingerprint density at radius 3 is 2.78 bits per heavy atom. The smallest absolute Gasteiger partial charge is 0.406 e. The quantitative estimate of drug-likeness (QED) is 0.764. The predicted octanol–water partition coefficient (Wildman–Crippen LogP) is 3.36. The molecule has 0 radical (unpaired) electrons. The number of nitriles is 1. The van der Waals surface area contributed by atoms with Crippen LogP contribution in [0.3, 0.4) is 0 Å². The summed E-state index contributed by atoms with van der Waals surface area (Å²) in [6.45, 7) is 1.18. The fourth-order valence-electron chi connectivity index (χ4n) is 2.05. The molecule has 1 heterocycles. The Balaban J connectivity index is 2.26. The van der Waals surface area contributed by atoms with Crippen LogP contribution in [0.2, 0.25) is 0 Å². The summed E-state index contributed by atoms with van der Waals surface area (Å²) in [6.07, 6.45) is -0.862. The van der Waals surface area contributed by atoms with E-state index in [4.69, 9.17) is 10.00 Å². The van der Waals surface area contributed by atoms with Crippen LogP contribution in [0.5, 0.6) is 5.75 Å². The number of hydrogen-bond acceptors (Lipinski definition) is 4. The van der Waals surface area contributed by atoms with Crippen LogP contribution >= 0.6 is 0 Å². The molecule has 1 aromatic heterocycles. The summed E-state index contributed by atoms with van der Waals surface area (Å²) in [5.74, 6) is -0.376. The second-order valence-corrected chi connectivity index (χ2v) is 4.71. The van der Waals surface area contributed by atoms with E-state index in [1.165, 1.54) is 18.3 Å². The Morgan fingerprint density at radius 1 is 1.35 bits per heavy atom. The number of nitrogens with zero attached hydrogens (tertiary/aromatic N) is 3. The number of benzene rings is 1. The Morgan fingerprint density at radius 2 is 2.13 bits per heavy atom. The molecule has 0 fully saturated rings. The summed E-state index contributed by atoms with van der Waals surface area (Å²) in [5, 5.41) is 13.3. The van der Waals surface area contributed by atoms with E-state index in [0.29, 0.717) is 24.3 Å². The molecule has 2 rings (SSSR count). The predicted molar refractivity (Wildman–Crippen MR) is 75.6 cm³/mol. The zero-order valence-corrected chi connectivity index (χ0v) is 12.3. The lowest BCUT2D eigenvalue weighted by atomic mass is 10.0. The van der Waals surface area contributed by atoms with Crippen LogP contribution in [0, 0.1) is 11.3 Å². The van der Waals surface area contributed by atoms with E-state index in [9.17, 15) is 13.2 Å². The molecule has 0 bridgehead atoms. The minimum absolute atomic E-state index is 0.246. The molecule has 0 saturated carbocycles. The highest BCUT2D eigenvalue weighted by Crippen LogP contribution is 2.30. The van der Waals surface area contributed by atoms with Gasteiger partial charge in [-0.3, -0.25) is 4.68 Å². The largest absolute Gasteiger partial charge is 0.573 e. The van der Waals surface area contributed by atoms with Crippen molar-refractivity contribution >= 4 is 0 Å². The maximum atomic E-state index is 12.3. The maximum Gasteiger partial charge on any atom is 0.573 e. The second kappa shape index (κ2) is 7.15. The van der Waals surface area contributed by atoms with Crippen molar-refractivity contribution in [1.82, 2.24) is 9.78 Å². The normalized spacial score (nSPS) is 11.3. The Hall–Kier alpha value is -2.53. The second-order valence-electron chi connectivity index (χ2n) is 4.71. The number of aryl methyl sites for hydroxylation is 1. The van der Waals surface area contributed by atoms with Crippen molar-refractivity contribution in [3.8, 4) is 22.9 Å². The molecule has 0 unspecified atom stereocenters. The molecule has 0 aliphatic rings. The molecule has 0 aliphatic carbocycles. The van der Waals surface area contributed by atoms with Crippen molar-refractivity contribution in [3.05, 3.63) is 36.2 Å². The zero-order chi connectivity index (χ0) is 16.9. The summed E-state index contributed by atoms with van der Waals surface area (Å²) in [5.41, 5.74) is 1.13. The Kier molecular flexibility index (Phi) is 5.24. The first-order chi connectivity index (χ1) is 10.9. The van der Waals surface area contributed by atoms with E-state index in [-0.39, 0.29) is 11.3 Å². The topological polar surface area (TPSA) is 60.1 Å². The van der Waals surface area contributed by atoms with Gasteiger partial charge in [0.1, 0.15) is 5.75 Å². The van der Waals surface area contributed by atoms with Crippen LogP contribution < -0.4 is 4.74 Å². The summed E-state index contributed by atoms with van der Waals surface area (Å²) >= 11 is 0. The number of hydrogen-bond donors (Lipinski definition) is 0. The van der Waals surface area contributed by atoms with Crippen molar-refractivity contribution in [2.75, 3.05) is 13.7 Å². The summed E-state index contributed by atoms with van der Waals surface area (Å²) in [7, 11) is 1.60. The highest BCUT2D eigenvalue weighted by molar-refractivity contribution is 5.71. The fraction of sp³-hybridized carbons (Fsp3) is 0.333. The molecule has 23 heavy (non-hydrogen) atoms. The van der Waals surface area contributed by atoms with Gasteiger partial charge in [-0.15, -0.1) is 13.2 Å². The van der Waals surface area contributed by atoms with Gasteiger partial charge in [0.05, 0.1) is 17.8 Å². The number of aromatic nitrogens is 2. The highest BCUT2D eigenvalue weighted by Gasteiger charge is 2.31. The van der Waals surface area contributed by atoms with Crippen LogP contribution in [0.25, 0.3) is 11.1 Å². The number of methoxy groups -OCH3 is 1. The molecular weight excluding hydrogens is 311 g/mol. The molecule has 5 nitrogen and oxygen atoms in total. The van der Waals surface area contributed by atoms with Gasteiger partial charge >= 0.3 is 6.36 Å². The summed E-state index contributed by atoms with van der Waals surface area (Å²) < 4.78 is 47.4. The highest BCUT2D eigenvalue weighted by atomic mass is 19.4. The van der Waals surface area contributed by atoms with Gasteiger partial charge in [-0.05, 0) is 24.6 Å². The first kappa shape index (κ1) is 16.8. The summed E-state index contributed by atoms with van der Waals surface area (Å²) in [4.78, 5) is 0. The maximum absolute atomic E-state index is 12.3. The van der Waals surface area contributed by atoms with Crippen molar-refractivity contribution in [2.45, 2.75) is 19.3 Å². The van der Waals surface area contributed by atoms with Crippen molar-refractivity contribution < 1.29 is 22.6 Å². The van der Waals surface area contributed by atoms with Crippen molar-refractivity contribution in [1.29, 1.82) is 5.26 Å². The number of ether oxygens (including phenoxy) is 2. The van der Waals surface area contributed by atoms with E-state index in [1.54, 1.807) is 18.0 Å². The third kappa shape index (κ3) is 4.72. The lowest BCUT2D eigenvalue weighted by Gasteiger charge is -2.10. The van der Waals surface area contributed by atoms with E-state index in [0.717, 1.165) is 12.5 Å². The molecule has 0 aliphatic heterocycles. The van der Waals surface area contributed by atoms with E-state index >= 15 is 0 Å². The molecule has 0 atom stereocenters. The molecule has 8 heteroatoms. The van der Waals surface area contributed by atoms with Crippen molar-refractivity contribution in [3.63, 3.8) is 0 Å². The molecule has 0 N–H and O–H groups in total. The molecule has 0 amide bonds. The van der Waals surface area contributed by atoms with Gasteiger partial charge in [0.15, 0.2) is 0 Å². The third-order valence-corrected chi connectivity index (χ3v) is 3.02. The van der Waals surface area contributed by atoms with Gasteiger partial charge in [0, 0.05) is 37.6 Å². The molecule has 2 aromatic rings. The first-order valence-corrected chi connectivity index (χ1v) is 6.74. The van der Waals surface area contributed by atoms with Crippen LogP contribution in [0.15, 0.2) is 30.6 Å². The Labute approximate surface area is 130 Å². The van der Waals surface area contributed by atoms with Crippen LogP contribution in [-0.2, 0) is 11.3 Å². The standard InChI is InChI=1S/C15H14F3N3O2/c1-22-6-2-5-21-10-12(9-20-21)14-7-13(23-15(16,17)18)4-3-11(14)8-19/h3-4,7,9-10H,2,5-6H2,1H3. The lowest BCUT2D eigenvalue weighted by molar-refractivity contribution is -0.274. The summed E-state index contributed by atoms with van der Waals surface area (Å²) in [6, 6.07) is 5.53. The minimum Gasteiger partial charge on any atom is -0.406 e. The molecule has 122 valence electrons. The van der Waals surface area contributed by atoms with Crippen LogP contribution in [0.1, 0.15) is 12.0 Å². The number of alkyl halides is 3. The molecular formula is C15H14F3N3O2. The minimum atomic E-state index is -4.78. The van der Waals surface area contributed by atoms with Crippen LogP contribution in [-0.4, -0.2) is 29.9 Å².